The number of carbonyl (C=O) groups excluding carboxylic acids is 1. The summed E-state index contributed by atoms with van der Waals surface area (Å²) in [5.41, 5.74) is 1.88. The molecule has 2 N–H and O–H groups in total. The Bertz CT molecular complexity index is 569. The summed E-state index contributed by atoms with van der Waals surface area (Å²) in [4.78, 5) is 12.0. The SMILES string of the molecule is CC(O)CC(NC(=O)OCc1ccccc1)c1ccccc1. The average Bonchev–Trinajstić information content (AvgIpc) is 2.54. The highest BCUT2D eigenvalue weighted by molar-refractivity contribution is 5.68. The Morgan fingerprint density at radius 3 is 2.27 bits per heavy atom. The molecule has 4 nitrogen and oxygen atoms in total. The number of ether oxygens (including phenoxy) is 1. The van der Waals surface area contributed by atoms with Gasteiger partial charge in [0.2, 0.25) is 0 Å². The Labute approximate surface area is 130 Å². The van der Waals surface area contributed by atoms with Gasteiger partial charge in [-0.05, 0) is 24.5 Å². The van der Waals surface area contributed by atoms with Gasteiger partial charge in [0.25, 0.3) is 0 Å². The molecule has 0 saturated heterocycles. The van der Waals surface area contributed by atoms with Crippen LogP contribution in [0.3, 0.4) is 0 Å². The summed E-state index contributed by atoms with van der Waals surface area (Å²) >= 11 is 0. The van der Waals surface area contributed by atoms with E-state index >= 15 is 0 Å². The fraction of sp³-hybridized carbons (Fsp3) is 0.278. The van der Waals surface area contributed by atoms with Crippen molar-refractivity contribution in [1.82, 2.24) is 5.32 Å². The van der Waals surface area contributed by atoms with Crippen molar-refractivity contribution in [3.8, 4) is 0 Å². The van der Waals surface area contributed by atoms with Crippen LogP contribution in [0.1, 0.15) is 30.5 Å². The summed E-state index contributed by atoms with van der Waals surface area (Å²) < 4.78 is 5.23. The van der Waals surface area contributed by atoms with Gasteiger partial charge in [-0.1, -0.05) is 60.7 Å². The maximum absolute atomic E-state index is 12.0. The number of aliphatic hydroxyl groups excluding tert-OH is 1. The van der Waals surface area contributed by atoms with Crippen molar-refractivity contribution in [2.24, 2.45) is 0 Å². The quantitative estimate of drug-likeness (QED) is 0.859. The molecule has 0 radical (unpaired) electrons. The molecule has 0 saturated carbocycles. The van der Waals surface area contributed by atoms with Crippen molar-refractivity contribution in [2.45, 2.75) is 32.1 Å². The van der Waals surface area contributed by atoms with E-state index < -0.39 is 12.2 Å². The third-order valence-electron chi connectivity index (χ3n) is 3.28. The van der Waals surface area contributed by atoms with Gasteiger partial charge in [0.15, 0.2) is 0 Å². The van der Waals surface area contributed by atoms with Gasteiger partial charge in [-0.15, -0.1) is 0 Å². The summed E-state index contributed by atoms with van der Waals surface area (Å²) in [6.45, 7) is 1.93. The van der Waals surface area contributed by atoms with Crippen molar-refractivity contribution in [1.29, 1.82) is 0 Å². The lowest BCUT2D eigenvalue weighted by molar-refractivity contribution is 0.126. The molecule has 4 heteroatoms. The molecule has 1 amide bonds. The largest absolute Gasteiger partial charge is 0.445 e. The first-order chi connectivity index (χ1) is 10.6. The van der Waals surface area contributed by atoms with Crippen molar-refractivity contribution in [2.75, 3.05) is 0 Å². The van der Waals surface area contributed by atoms with Gasteiger partial charge in [-0.25, -0.2) is 4.79 Å². The van der Waals surface area contributed by atoms with E-state index in [1.165, 1.54) is 0 Å². The van der Waals surface area contributed by atoms with E-state index in [0.29, 0.717) is 6.42 Å². The van der Waals surface area contributed by atoms with Crippen LogP contribution in [0.2, 0.25) is 0 Å². The fourth-order valence-electron chi connectivity index (χ4n) is 2.21. The Hall–Kier alpha value is -2.33. The van der Waals surface area contributed by atoms with Crippen LogP contribution in [0, 0.1) is 0 Å². The smallest absolute Gasteiger partial charge is 0.407 e. The van der Waals surface area contributed by atoms with Gasteiger partial charge in [-0.2, -0.15) is 0 Å². The molecule has 2 aromatic carbocycles. The second-order valence-electron chi connectivity index (χ2n) is 5.25. The molecule has 0 aliphatic carbocycles. The highest BCUT2D eigenvalue weighted by Crippen LogP contribution is 2.18. The summed E-state index contributed by atoms with van der Waals surface area (Å²) in [7, 11) is 0. The molecule has 2 aromatic rings. The number of carbonyl (C=O) groups is 1. The van der Waals surface area contributed by atoms with Crippen LogP contribution < -0.4 is 5.32 Å². The van der Waals surface area contributed by atoms with E-state index in [-0.39, 0.29) is 12.6 Å². The first kappa shape index (κ1) is 16.0. The van der Waals surface area contributed by atoms with E-state index in [1.807, 2.05) is 60.7 Å². The van der Waals surface area contributed by atoms with E-state index in [4.69, 9.17) is 4.74 Å². The number of hydrogen-bond acceptors (Lipinski definition) is 3. The number of aliphatic hydroxyl groups is 1. The second kappa shape index (κ2) is 8.20. The van der Waals surface area contributed by atoms with Crippen LogP contribution >= 0.6 is 0 Å². The lowest BCUT2D eigenvalue weighted by Gasteiger charge is -2.20. The molecule has 2 rings (SSSR count). The van der Waals surface area contributed by atoms with Crippen molar-refractivity contribution in [3.63, 3.8) is 0 Å². The molecule has 2 unspecified atom stereocenters. The predicted octanol–water partition coefficient (Wildman–Crippen LogP) is 3.43. The average molecular weight is 299 g/mol. The molecular formula is C18H21NO3. The Kier molecular flexibility index (Phi) is 5.98. The van der Waals surface area contributed by atoms with Crippen LogP contribution in [0.15, 0.2) is 60.7 Å². The van der Waals surface area contributed by atoms with E-state index in [9.17, 15) is 9.90 Å². The number of hydrogen-bond donors (Lipinski definition) is 2. The highest BCUT2D eigenvalue weighted by atomic mass is 16.5. The minimum Gasteiger partial charge on any atom is -0.445 e. The fourth-order valence-corrected chi connectivity index (χ4v) is 2.21. The second-order valence-corrected chi connectivity index (χ2v) is 5.25. The normalized spacial score (nSPS) is 13.2. The monoisotopic (exact) mass is 299 g/mol. The Morgan fingerprint density at radius 1 is 1.09 bits per heavy atom. The third-order valence-corrected chi connectivity index (χ3v) is 3.28. The minimum atomic E-state index is -0.514. The molecule has 0 bridgehead atoms. The van der Waals surface area contributed by atoms with Gasteiger partial charge in [0, 0.05) is 0 Å². The summed E-state index contributed by atoms with van der Waals surface area (Å²) in [5, 5.41) is 12.4. The van der Waals surface area contributed by atoms with E-state index in [2.05, 4.69) is 5.32 Å². The molecule has 0 spiro atoms. The van der Waals surface area contributed by atoms with Crippen molar-refractivity contribution in [3.05, 3.63) is 71.8 Å². The third kappa shape index (κ3) is 5.22. The van der Waals surface area contributed by atoms with Crippen LogP contribution in [-0.4, -0.2) is 17.3 Å². The molecule has 0 fully saturated rings. The lowest BCUT2D eigenvalue weighted by Crippen LogP contribution is -2.31. The van der Waals surface area contributed by atoms with Gasteiger partial charge in [0.1, 0.15) is 6.61 Å². The Balaban J connectivity index is 1.93. The summed E-state index contributed by atoms with van der Waals surface area (Å²) in [6, 6.07) is 18.8. The summed E-state index contributed by atoms with van der Waals surface area (Å²) in [5.74, 6) is 0. The summed E-state index contributed by atoms with van der Waals surface area (Å²) in [6.07, 6.45) is -0.567. The molecule has 22 heavy (non-hydrogen) atoms. The van der Waals surface area contributed by atoms with E-state index in [1.54, 1.807) is 6.92 Å². The molecule has 0 heterocycles. The van der Waals surface area contributed by atoms with Gasteiger partial charge < -0.3 is 15.2 Å². The van der Waals surface area contributed by atoms with Crippen LogP contribution in [0.5, 0.6) is 0 Å². The van der Waals surface area contributed by atoms with Crippen LogP contribution in [-0.2, 0) is 11.3 Å². The van der Waals surface area contributed by atoms with Gasteiger partial charge >= 0.3 is 6.09 Å². The number of benzene rings is 2. The molecule has 116 valence electrons. The van der Waals surface area contributed by atoms with Crippen molar-refractivity contribution >= 4 is 6.09 Å². The zero-order chi connectivity index (χ0) is 15.8. The highest BCUT2D eigenvalue weighted by Gasteiger charge is 2.17. The Morgan fingerprint density at radius 2 is 1.68 bits per heavy atom. The molecule has 0 aliphatic rings. The molecule has 2 atom stereocenters. The van der Waals surface area contributed by atoms with Crippen LogP contribution in [0.25, 0.3) is 0 Å². The standard InChI is InChI=1S/C18H21NO3/c1-14(20)12-17(16-10-6-3-7-11-16)19-18(21)22-13-15-8-4-2-5-9-15/h2-11,14,17,20H,12-13H2,1H3,(H,19,21). The molecule has 0 aromatic heterocycles. The van der Waals surface area contributed by atoms with Crippen LogP contribution in [0.4, 0.5) is 4.79 Å². The number of amides is 1. The topological polar surface area (TPSA) is 58.6 Å². The first-order valence-corrected chi connectivity index (χ1v) is 7.35. The minimum absolute atomic E-state index is 0.225. The van der Waals surface area contributed by atoms with Gasteiger partial charge in [0.05, 0.1) is 12.1 Å². The lowest BCUT2D eigenvalue weighted by atomic mass is 10.0. The predicted molar refractivity (Wildman–Crippen MR) is 85.2 cm³/mol. The maximum Gasteiger partial charge on any atom is 0.407 e. The zero-order valence-electron chi connectivity index (χ0n) is 12.6. The van der Waals surface area contributed by atoms with Crippen molar-refractivity contribution < 1.29 is 14.6 Å². The van der Waals surface area contributed by atoms with E-state index in [0.717, 1.165) is 11.1 Å². The number of rotatable bonds is 6. The molecular weight excluding hydrogens is 278 g/mol. The number of alkyl carbamates (subject to hydrolysis) is 1. The molecule has 0 aliphatic heterocycles. The zero-order valence-corrected chi connectivity index (χ0v) is 12.6. The number of nitrogens with one attached hydrogen (secondary N) is 1. The maximum atomic E-state index is 12.0. The first-order valence-electron chi connectivity index (χ1n) is 7.35. The van der Waals surface area contributed by atoms with Gasteiger partial charge in [-0.3, -0.25) is 0 Å².